The molecule has 0 radical (unpaired) electrons. The molecular weight excluding hydrogens is 479 g/mol. The molecule has 3 amide bonds. The van der Waals surface area contributed by atoms with Crippen LogP contribution in [-0.2, 0) is 16.1 Å². The van der Waals surface area contributed by atoms with Gasteiger partial charge in [0, 0.05) is 53.2 Å². The summed E-state index contributed by atoms with van der Waals surface area (Å²) in [5.74, 6) is -1.97. The number of aliphatic hydroxyl groups is 1. The summed E-state index contributed by atoms with van der Waals surface area (Å²) in [5.41, 5.74) is -0.713. The van der Waals surface area contributed by atoms with E-state index < -0.39 is 29.3 Å². The molecule has 0 unspecified atom stereocenters. The molecule has 0 aliphatic carbocycles. The molecule has 0 spiro atoms. The Hall–Kier alpha value is -3.63. The van der Waals surface area contributed by atoms with Crippen LogP contribution in [0.4, 0.5) is 14.9 Å². The van der Waals surface area contributed by atoms with E-state index in [9.17, 15) is 23.9 Å². The van der Waals surface area contributed by atoms with Crippen molar-refractivity contribution in [2.45, 2.75) is 38.5 Å². The van der Waals surface area contributed by atoms with Crippen molar-refractivity contribution in [1.29, 1.82) is 0 Å². The number of nitrogens with zero attached hydrogens (tertiary/aromatic N) is 1. The SMILES string of the molecule is CC(C)NC(=O)Oc1cc2cc(N3CC[C@](O)(C(=O)NCc4cc(F)cc(Cl)c4)C3=O)ccc2[nH]1. The number of hydrogen-bond acceptors (Lipinski definition) is 5. The van der Waals surface area contributed by atoms with Crippen LogP contribution in [-0.4, -0.2) is 46.2 Å². The second kappa shape index (κ2) is 9.55. The van der Waals surface area contributed by atoms with Crippen LogP contribution in [0.15, 0.2) is 42.5 Å². The Labute approximate surface area is 205 Å². The van der Waals surface area contributed by atoms with Crippen molar-refractivity contribution in [1.82, 2.24) is 15.6 Å². The van der Waals surface area contributed by atoms with E-state index in [0.29, 0.717) is 22.2 Å². The first-order chi connectivity index (χ1) is 16.5. The number of aromatic nitrogens is 1. The third kappa shape index (κ3) is 5.23. The molecule has 3 aromatic rings. The Kier molecular flexibility index (Phi) is 6.68. The lowest BCUT2D eigenvalue weighted by atomic mass is 10.0. The first-order valence-corrected chi connectivity index (χ1v) is 11.3. The van der Waals surface area contributed by atoms with Gasteiger partial charge in [0.1, 0.15) is 5.82 Å². The molecule has 1 aliphatic heterocycles. The average molecular weight is 503 g/mol. The first-order valence-electron chi connectivity index (χ1n) is 10.9. The number of nitrogens with one attached hydrogen (secondary N) is 3. The second-order valence-electron chi connectivity index (χ2n) is 8.62. The largest absolute Gasteiger partial charge is 0.414 e. The van der Waals surface area contributed by atoms with Crippen LogP contribution in [0.2, 0.25) is 5.02 Å². The van der Waals surface area contributed by atoms with Gasteiger partial charge in [-0.2, -0.15) is 0 Å². The third-order valence-corrected chi connectivity index (χ3v) is 5.77. The number of H-pyrrole nitrogens is 1. The number of rotatable bonds is 6. The minimum absolute atomic E-state index is 0.0812. The predicted molar refractivity (Wildman–Crippen MR) is 128 cm³/mol. The van der Waals surface area contributed by atoms with Gasteiger partial charge in [0.05, 0.1) is 0 Å². The maximum Gasteiger partial charge on any atom is 0.414 e. The first kappa shape index (κ1) is 24.5. The molecule has 9 nitrogen and oxygen atoms in total. The second-order valence-corrected chi connectivity index (χ2v) is 9.06. The number of fused-ring (bicyclic) bond motifs is 1. The normalized spacial score (nSPS) is 17.8. The van der Waals surface area contributed by atoms with Crippen molar-refractivity contribution >= 4 is 46.1 Å². The Morgan fingerprint density at radius 3 is 2.74 bits per heavy atom. The van der Waals surface area contributed by atoms with Crippen LogP contribution < -0.4 is 20.3 Å². The number of ether oxygens (including phenoxy) is 1. The number of hydrogen-bond donors (Lipinski definition) is 4. The number of benzene rings is 2. The fourth-order valence-electron chi connectivity index (χ4n) is 3.89. The summed E-state index contributed by atoms with van der Waals surface area (Å²) in [4.78, 5) is 41.8. The van der Waals surface area contributed by atoms with Crippen LogP contribution >= 0.6 is 11.6 Å². The summed E-state index contributed by atoms with van der Waals surface area (Å²) in [6.07, 6.45) is -0.714. The summed E-state index contributed by atoms with van der Waals surface area (Å²) < 4.78 is 18.7. The van der Waals surface area contributed by atoms with Crippen molar-refractivity contribution in [3.05, 3.63) is 58.9 Å². The molecule has 184 valence electrons. The van der Waals surface area contributed by atoms with Crippen LogP contribution in [0.5, 0.6) is 5.88 Å². The van der Waals surface area contributed by atoms with E-state index in [2.05, 4.69) is 15.6 Å². The highest BCUT2D eigenvalue weighted by atomic mass is 35.5. The van der Waals surface area contributed by atoms with Gasteiger partial charge >= 0.3 is 6.09 Å². The zero-order chi connectivity index (χ0) is 25.3. The number of anilines is 1. The maximum atomic E-state index is 13.5. The van der Waals surface area contributed by atoms with Crippen molar-refractivity contribution < 1.29 is 28.6 Å². The van der Waals surface area contributed by atoms with E-state index in [1.54, 1.807) is 24.3 Å². The molecule has 4 N–H and O–H groups in total. The average Bonchev–Trinajstić information content (AvgIpc) is 3.30. The van der Waals surface area contributed by atoms with Crippen LogP contribution in [0.1, 0.15) is 25.8 Å². The molecule has 35 heavy (non-hydrogen) atoms. The minimum atomic E-state index is -2.26. The standard InChI is InChI=1S/C24H24ClFN4O5/c1-13(2)28-23(33)35-20-10-15-9-18(3-4-19(15)29-20)30-6-5-24(34,22(30)32)21(31)27-12-14-7-16(25)11-17(26)8-14/h3-4,7-11,13,29,34H,5-6,12H2,1-2H3,(H,27,31)(H,28,33)/t24-/m0/s1. The Bertz CT molecular complexity index is 1290. The van der Waals surface area contributed by atoms with Crippen molar-refractivity contribution in [2.24, 2.45) is 0 Å². The van der Waals surface area contributed by atoms with Gasteiger partial charge < -0.3 is 30.4 Å². The molecule has 2 aromatic carbocycles. The topological polar surface area (TPSA) is 124 Å². The summed E-state index contributed by atoms with van der Waals surface area (Å²) in [6.45, 7) is 3.63. The predicted octanol–water partition coefficient (Wildman–Crippen LogP) is 3.24. The van der Waals surface area contributed by atoms with E-state index in [0.717, 1.165) is 6.07 Å². The van der Waals surface area contributed by atoms with E-state index in [1.807, 2.05) is 13.8 Å². The van der Waals surface area contributed by atoms with Crippen LogP contribution in [0, 0.1) is 5.82 Å². The van der Waals surface area contributed by atoms with E-state index >= 15 is 0 Å². The fourth-order valence-corrected chi connectivity index (χ4v) is 4.13. The molecule has 1 fully saturated rings. The van der Waals surface area contributed by atoms with E-state index in [-0.39, 0.29) is 36.5 Å². The number of carbonyl (C=O) groups is 3. The third-order valence-electron chi connectivity index (χ3n) is 5.55. The van der Waals surface area contributed by atoms with Gasteiger partial charge in [0.15, 0.2) is 0 Å². The lowest BCUT2D eigenvalue weighted by Gasteiger charge is -2.22. The minimum Gasteiger partial charge on any atom is -0.393 e. The molecule has 1 aliphatic rings. The Balaban J connectivity index is 1.46. The molecule has 1 saturated heterocycles. The lowest BCUT2D eigenvalue weighted by molar-refractivity contribution is -0.149. The summed E-state index contributed by atoms with van der Waals surface area (Å²) in [6, 6.07) is 10.4. The Morgan fingerprint density at radius 2 is 2.03 bits per heavy atom. The molecule has 0 bridgehead atoms. The zero-order valence-corrected chi connectivity index (χ0v) is 19.8. The highest BCUT2D eigenvalue weighted by molar-refractivity contribution is 6.30. The van der Waals surface area contributed by atoms with Crippen molar-refractivity contribution in [3.8, 4) is 5.88 Å². The lowest BCUT2D eigenvalue weighted by Crippen LogP contribution is -2.52. The highest BCUT2D eigenvalue weighted by Crippen LogP contribution is 2.32. The smallest absolute Gasteiger partial charge is 0.393 e. The number of halogens is 2. The maximum absolute atomic E-state index is 13.5. The molecule has 0 saturated carbocycles. The zero-order valence-electron chi connectivity index (χ0n) is 19.0. The molecule has 2 heterocycles. The van der Waals surface area contributed by atoms with Gasteiger partial charge in [-0.15, -0.1) is 0 Å². The molecule has 1 atom stereocenters. The summed E-state index contributed by atoms with van der Waals surface area (Å²) in [7, 11) is 0. The summed E-state index contributed by atoms with van der Waals surface area (Å²) >= 11 is 5.82. The van der Waals surface area contributed by atoms with Crippen LogP contribution in [0.25, 0.3) is 10.9 Å². The van der Waals surface area contributed by atoms with Crippen molar-refractivity contribution in [3.63, 3.8) is 0 Å². The van der Waals surface area contributed by atoms with Gasteiger partial charge in [0.25, 0.3) is 11.8 Å². The van der Waals surface area contributed by atoms with Gasteiger partial charge in [-0.1, -0.05) is 11.6 Å². The van der Waals surface area contributed by atoms with Gasteiger partial charge in [0.2, 0.25) is 11.5 Å². The molecular formula is C24H24ClFN4O5. The molecule has 11 heteroatoms. The Morgan fingerprint density at radius 1 is 1.26 bits per heavy atom. The van der Waals surface area contributed by atoms with E-state index in [1.165, 1.54) is 17.0 Å². The van der Waals surface area contributed by atoms with Gasteiger partial charge in [-0.3, -0.25) is 9.59 Å². The van der Waals surface area contributed by atoms with E-state index in [4.69, 9.17) is 16.3 Å². The fraction of sp³-hybridized carbons (Fsp3) is 0.292. The van der Waals surface area contributed by atoms with Gasteiger partial charge in [-0.25, -0.2) is 9.18 Å². The van der Waals surface area contributed by atoms with Gasteiger partial charge in [-0.05, 0) is 55.8 Å². The highest BCUT2D eigenvalue weighted by Gasteiger charge is 2.51. The molecule has 1 aromatic heterocycles. The molecule has 4 rings (SSSR count). The van der Waals surface area contributed by atoms with Crippen molar-refractivity contribution in [2.75, 3.05) is 11.4 Å². The number of carbonyl (C=O) groups excluding carboxylic acids is 3. The number of aromatic amines is 1. The van der Waals surface area contributed by atoms with Crippen LogP contribution in [0.3, 0.4) is 0 Å². The summed E-state index contributed by atoms with van der Waals surface area (Å²) in [5, 5.41) is 16.8. The quantitative estimate of drug-likeness (QED) is 0.385. The number of amides is 3. The monoisotopic (exact) mass is 502 g/mol.